The second-order valence-electron chi connectivity index (χ2n) is 4.97. The molecular weight excluding hydrogens is 242 g/mol. The van der Waals surface area contributed by atoms with Gasteiger partial charge in [-0.3, -0.25) is 0 Å². The molecule has 1 unspecified atom stereocenters. The molecular formula is C15H19NO3. The number of aromatic nitrogens is 1. The van der Waals surface area contributed by atoms with E-state index in [2.05, 4.69) is 0 Å². The van der Waals surface area contributed by atoms with Gasteiger partial charge in [0.15, 0.2) is 0 Å². The molecule has 2 rings (SSSR count). The molecule has 2 N–H and O–H groups in total. The lowest BCUT2D eigenvalue weighted by Crippen LogP contribution is -2.03. The molecule has 0 amide bonds. The van der Waals surface area contributed by atoms with Gasteiger partial charge in [0.25, 0.3) is 0 Å². The number of aromatic carboxylic acids is 1. The van der Waals surface area contributed by atoms with E-state index in [1.54, 1.807) is 13.0 Å². The fraction of sp³-hybridized carbons (Fsp3) is 0.400. The third-order valence-corrected chi connectivity index (χ3v) is 3.29. The van der Waals surface area contributed by atoms with E-state index in [9.17, 15) is 15.0 Å². The fourth-order valence-corrected chi connectivity index (χ4v) is 2.52. The third kappa shape index (κ3) is 2.36. The number of carboxylic acid groups (broad SMARTS) is 1. The normalized spacial score (nSPS) is 12.8. The molecule has 1 aromatic carbocycles. The maximum atomic E-state index is 11.4. The van der Waals surface area contributed by atoms with Crippen LogP contribution in [0.25, 0.3) is 10.9 Å². The zero-order valence-corrected chi connectivity index (χ0v) is 11.5. The van der Waals surface area contributed by atoms with Gasteiger partial charge in [-0.2, -0.15) is 0 Å². The monoisotopic (exact) mass is 261 g/mol. The highest BCUT2D eigenvalue weighted by Crippen LogP contribution is 2.30. The molecule has 0 radical (unpaired) electrons. The molecule has 0 aliphatic carbocycles. The summed E-state index contributed by atoms with van der Waals surface area (Å²) in [5.74, 6) is -0.929. The Labute approximate surface area is 112 Å². The van der Waals surface area contributed by atoms with Crippen LogP contribution in [0.2, 0.25) is 0 Å². The molecule has 4 nitrogen and oxygen atoms in total. The fourth-order valence-electron chi connectivity index (χ4n) is 2.52. The number of nitrogens with zero attached hydrogens (tertiary/aromatic N) is 1. The van der Waals surface area contributed by atoms with E-state index in [0.29, 0.717) is 11.1 Å². The first-order valence-corrected chi connectivity index (χ1v) is 6.50. The van der Waals surface area contributed by atoms with Crippen LogP contribution in [-0.4, -0.2) is 20.7 Å². The third-order valence-electron chi connectivity index (χ3n) is 3.29. The quantitative estimate of drug-likeness (QED) is 0.888. The number of carbonyl (C=O) groups is 1. The molecule has 0 fully saturated rings. The lowest BCUT2D eigenvalue weighted by atomic mass is 10.0. The maximum Gasteiger partial charge on any atom is 0.337 e. The standard InChI is InChI=1S/C15H19NO3/c1-4-5-16-8-13(10(3)17)11-6-9(2)7-12(14(11)16)15(18)19/h6-8,10,17H,4-5H2,1-3H3,(H,18,19). The summed E-state index contributed by atoms with van der Waals surface area (Å²) in [5, 5.41) is 20.1. The average Bonchev–Trinajstić information content (AvgIpc) is 2.67. The van der Waals surface area contributed by atoms with Crippen LogP contribution in [0.4, 0.5) is 0 Å². The number of hydrogen-bond donors (Lipinski definition) is 2. The molecule has 0 bridgehead atoms. The predicted octanol–water partition coefficient (Wildman–Crippen LogP) is 3.11. The SMILES string of the molecule is CCCn1cc(C(C)O)c2cc(C)cc(C(=O)O)c21. The molecule has 2 aromatic rings. The first-order chi connectivity index (χ1) is 8.95. The van der Waals surface area contributed by atoms with Crippen LogP contribution in [0, 0.1) is 6.92 Å². The van der Waals surface area contributed by atoms with Crippen LogP contribution in [-0.2, 0) is 6.54 Å². The van der Waals surface area contributed by atoms with Gasteiger partial charge < -0.3 is 14.8 Å². The van der Waals surface area contributed by atoms with Crippen LogP contribution < -0.4 is 0 Å². The lowest BCUT2D eigenvalue weighted by molar-refractivity contribution is 0.0698. The summed E-state index contributed by atoms with van der Waals surface area (Å²) < 4.78 is 1.93. The molecule has 1 aromatic heterocycles. The second kappa shape index (κ2) is 5.05. The summed E-state index contributed by atoms with van der Waals surface area (Å²) in [4.78, 5) is 11.4. The van der Waals surface area contributed by atoms with E-state index >= 15 is 0 Å². The molecule has 0 aliphatic rings. The van der Waals surface area contributed by atoms with Crippen LogP contribution in [0.3, 0.4) is 0 Å². The molecule has 0 spiro atoms. The van der Waals surface area contributed by atoms with Crippen molar-refractivity contribution in [3.63, 3.8) is 0 Å². The number of fused-ring (bicyclic) bond motifs is 1. The highest BCUT2D eigenvalue weighted by molar-refractivity contribution is 6.04. The van der Waals surface area contributed by atoms with Crippen molar-refractivity contribution in [2.24, 2.45) is 0 Å². The van der Waals surface area contributed by atoms with Crippen LogP contribution in [0.1, 0.15) is 47.9 Å². The van der Waals surface area contributed by atoms with E-state index in [1.165, 1.54) is 0 Å². The van der Waals surface area contributed by atoms with Crippen LogP contribution in [0.5, 0.6) is 0 Å². The van der Waals surface area contributed by atoms with Crippen LogP contribution in [0.15, 0.2) is 18.3 Å². The number of aliphatic hydroxyl groups is 1. The van der Waals surface area contributed by atoms with Crippen molar-refractivity contribution in [2.45, 2.75) is 39.8 Å². The molecule has 0 aliphatic heterocycles. The topological polar surface area (TPSA) is 62.5 Å². The van der Waals surface area contributed by atoms with Crippen molar-refractivity contribution in [1.82, 2.24) is 4.57 Å². The summed E-state index contributed by atoms with van der Waals surface area (Å²) in [6.07, 6.45) is 2.17. The minimum atomic E-state index is -0.929. The maximum absolute atomic E-state index is 11.4. The Balaban J connectivity index is 2.85. The van der Waals surface area contributed by atoms with Gasteiger partial charge in [0.1, 0.15) is 0 Å². The predicted molar refractivity (Wildman–Crippen MR) is 74.6 cm³/mol. The Kier molecular flexibility index (Phi) is 3.62. The molecule has 4 heteroatoms. The largest absolute Gasteiger partial charge is 0.478 e. The minimum Gasteiger partial charge on any atom is -0.478 e. The van der Waals surface area contributed by atoms with Crippen molar-refractivity contribution < 1.29 is 15.0 Å². The van der Waals surface area contributed by atoms with E-state index in [-0.39, 0.29) is 0 Å². The van der Waals surface area contributed by atoms with Gasteiger partial charge in [0.05, 0.1) is 17.2 Å². The van der Waals surface area contributed by atoms with Gasteiger partial charge in [-0.05, 0) is 38.0 Å². The summed E-state index contributed by atoms with van der Waals surface area (Å²) in [5.41, 5.74) is 2.68. The summed E-state index contributed by atoms with van der Waals surface area (Å²) in [7, 11) is 0. The number of benzene rings is 1. The first-order valence-electron chi connectivity index (χ1n) is 6.50. The summed E-state index contributed by atoms with van der Waals surface area (Å²) >= 11 is 0. The molecule has 1 atom stereocenters. The lowest BCUT2D eigenvalue weighted by Gasteiger charge is -2.07. The summed E-state index contributed by atoms with van der Waals surface area (Å²) in [6, 6.07) is 3.62. The second-order valence-corrected chi connectivity index (χ2v) is 4.97. The Morgan fingerprint density at radius 1 is 1.42 bits per heavy atom. The van der Waals surface area contributed by atoms with Gasteiger partial charge in [0, 0.05) is 23.7 Å². The van der Waals surface area contributed by atoms with Gasteiger partial charge in [0.2, 0.25) is 0 Å². The smallest absolute Gasteiger partial charge is 0.337 e. The van der Waals surface area contributed by atoms with Gasteiger partial charge in [-0.15, -0.1) is 0 Å². The molecule has 0 saturated heterocycles. The van der Waals surface area contributed by atoms with Crippen molar-refractivity contribution >= 4 is 16.9 Å². The van der Waals surface area contributed by atoms with E-state index in [0.717, 1.165) is 29.5 Å². The van der Waals surface area contributed by atoms with Crippen molar-refractivity contribution in [3.05, 3.63) is 35.0 Å². The molecule has 19 heavy (non-hydrogen) atoms. The van der Waals surface area contributed by atoms with Gasteiger partial charge in [-0.1, -0.05) is 6.92 Å². The van der Waals surface area contributed by atoms with Crippen molar-refractivity contribution in [1.29, 1.82) is 0 Å². The zero-order valence-electron chi connectivity index (χ0n) is 11.5. The first kappa shape index (κ1) is 13.6. The van der Waals surface area contributed by atoms with E-state index in [1.807, 2.05) is 30.7 Å². The van der Waals surface area contributed by atoms with Gasteiger partial charge in [-0.25, -0.2) is 4.79 Å². The Bertz CT molecular complexity index is 626. The summed E-state index contributed by atoms with van der Waals surface area (Å²) in [6.45, 7) is 6.36. The van der Waals surface area contributed by atoms with Crippen molar-refractivity contribution in [2.75, 3.05) is 0 Å². The molecule has 1 heterocycles. The highest BCUT2D eigenvalue weighted by Gasteiger charge is 2.18. The minimum absolute atomic E-state index is 0.301. The van der Waals surface area contributed by atoms with E-state index in [4.69, 9.17) is 0 Å². The number of rotatable bonds is 4. The Morgan fingerprint density at radius 3 is 2.63 bits per heavy atom. The van der Waals surface area contributed by atoms with Gasteiger partial charge >= 0.3 is 5.97 Å². The molecule has 0 saturated carbocycles. The van der Waals surface area contributed by atoms with Crippen LogP contribution >= 0.6 is 0 Å². The number of carboxylic acids is 1. The zero-order chi connectivity index (χ0) is 14.2. The van der Waals surface area contributed by atoms with Crippen molar-refractivity contribution in [3.8, 4) is 0 Å². The highest BCUT2D eigenvalue weighted by atomic mass is 16.4. The number of hydrogen-bond acceptors (Lipinski definition) is 2. The molecule has 102 valence electrons. The number of aliphatic hydroxyl groups excluding tert-OH is 1. The Hall–Kier alpha value is -1.81. The van der Waals surface area contributed by atoms with E-state index < -0.39 is 12.1 Å². The average molecular weight is 261 g/mol. The number of aryl methyl sites for hydroxylation is 2. The Morgan fingerprint density at radius 2 is 2.11 bits per heavy atom.